The number of nitrogens with zero attached hydrogens (tertiary/aromatic N) is 4. The molecule has 1 N–H and O–H groups in total. The Hall–Kier alpha value is -2.58. The van der Waals surface area contributed by atoms with E-state index in [0.29, 0.717) is 33.5 Å². The van der Waals surface area contributed by atoms with Gasteiger partial charge in [0.1, 0.15) is 5.39 Å². The van der Waals surface area contributed by atoms with Gasteiger partial charge >= 0.3 is 0 Å². The number of aromatic nitrogens is 4. The minimum absolute atomic E-state index is 0.116. The summed E-state index contributed by atoms with van der Waals surface area (Å²) in [6, 6.07) is 6.98. The first-order chi connectivity index (χ1) is 13.1. The Morgan fingerprint density at radius 2 is 2.33 bits per heavy atom. The normalized spacial score (nSPS) is 15.7. The summed E-state index contributed by atoms with van der Waals surface area (Å²) >= 11 is 7.53. The molecule has 1 aliphatic rings. The Morgan fingerprint density at radius 3 is 3.11 bits per heavy atom. The van der Waals surface area contributed by atoms with E-state index in [2.05, 4.69) is 22.0 Å². The Kier molecular flexibility index (Phi) is 4.75. The number of hydrogen-bond acceptors (Lipinski definition) is 5. The first kappa shape index (κ1) is 17.8. The summed E-state index contributed by atoms with van der Waals surface area (Å²) in [5, 5.41) is 8.65. The standard InChI is InChI=1S/C18H16ClN5O2S/c1-2-6-20-15(25)8-13-10-27-18-22-16-14(17(26)23(13)18)9-21-24(16)12-5-3-4-11(19)7-12/h2-5,7,9,13H,1,6,8,10H2,(H,20,25). The Morgan fingerprint density at radius 1 is 1.48 bits per heavy atom. The van der Waals surface area contributed by atoms with E-state index in [1.807, 2.05) is 12.1 Å². The van der Waals surface area contributed by atoms with Crippen molar-refractivity contribution in [3.63, 3.8) is 0 Å². The van der Waals surface area contributed by atoms with Crippen molar-refractivity contribution in [3.8, 4) is 5.69 Å². The second-order valence-corrected chi connectivity index (χ2v) is 7.53. The molecule has 1 unspecified atom stereocenters. The molecule has 3 heterocycles. The number of fused-ring (bicyclic) bond motifs is 2. The summed E-state index contributed by atoms with van der Waals surface area (Å²) in [5.74, 6) is 0.510. The lowest BCUT2D eigenvalue weighted by molar-refractivity contribution is -0.121. The fourth-order valence-electron chi connectivity index (χ4n) is 3.05. The highest BCUT2D eigenvalue weighted by molar-refractivity contribution is 7.99. The summed E-state index contributed by atoms with van der Waals surface area (Å²) in [6.07, 6.45) is 3.36. The van der Waals surface area contributed by atoms with Crippen LogP contribution in [0.2, 0.25) is 5.02 Å². The molecule has 0 saturated carbocycles. The van der Waals surface area contributed by atoms with Gasteiger partial charge in [-0.15, -0.1) is 6.58 Å². The molecule has 1 amide bonds. The Bertz CT molecular complexity index is 1110. The van der Waals surface area contributed by atoms with Crippen molar-refractivity contribution in [3.05, 3.63) is 58.5 Å². The Balaban J connectivity index is 1.74. The number of thioether (sulfide) groups is 1. The summed E-state index contributed by atoms with van der Waals surface area (Å²) in [6.45, 7) is 3.99. The fraction of sp³-hybridized carbons (Fsp3) is 0.222. The molecule has 4 rings (SSSR count). The van der Waals surface area contributed by atoms with E-state index in [-0.39, 0.29) is 23.9 Å². The minimum atomic E-state index is -0.228. The van der Waals surface area contributed by atoms with Gasteiger partial charge in [0.15, 0.2) is 10.8 Å². The number of benzene rings is 1. The molecular formula is C18H16ClN5O2S. The summed E-state index contributed by atoms with van der Waals surface area (Å²) < 4.78 is 3.21. The molecule has 2 aromatic heterocycles. The van der Waals surface area contributed by atoms with Crippen LogP contribution in [-0.2, 0) is 4.79 Å². The van der Waals surface area contributed by atoms with Gasteiger partial charge in [-0.05, 0) is 18.2 Å². The highest BCUT2D eigenvalue weighted by atomic mass is 35.5. The summed E-state index contributed by atoms with van der Waals surface area (Å²) in [4.78, 5) is 29.7. The lowest BCUT2D eigenvalue weighted by atomic mass is 10.2. The molecule has 7 nitrogen and oxygen atoms in total. The molecule has 0 saturated heterocycles. The average Bonchev–Trinajstić information content (AvgIpc) is 3.25. The molecule has 0 spiro atoms. The molecule has 1 atom stereocenters. The van der Waals surface area contributed by atoms with Crippen LogP contribution in [-0.4, -0.2) is 37.5 Å². The van der Waals surface area contributed by atoms with Gasteiger partial charge in [-0.1, -0.05) is 35.5 Å². The molecule has 1 aromatic carbocycles. The first-order valence-electron chi connectivity index (χ1n) is 8.35. The molecule has 27 heavy (non-hydrogen) atoms. The molecule has 0 bridgehead atoms. The van der Waals surface area contributed by atoms with Gasteiger partial charge in [0.25, 0.3) is 5.56 Å². The van der Waals surface area contributed by atoms with Crippen molar-refractivity contribution in [1.82, 2.24) is 24.6 Å². The van der Waals surface area contributed by atoms with Gasteiger partial charge in [0.05, 0.1) is 17.9 Å². The van der Waals surface area contributed by atoms with E-state index in [4.69, 9.17) is 11.6 Å². The van der Waals surface area contributed by atoms with E-state index < -0.39 is 0 Å². The average molecular weight is 402 g/mol. The quantitative estimate of drug-likeness (QED) is 0.525. The molecule has 0 fully saturated rings. The molecule has 0 aliphatic carbocycles. The minimum Gasteiger partial charge on any atom is -0.353 e. The predicted molar refractivity (Wildman–Crippen MR) is 106 cm³/mol. The van der Waals surface area contributed by atoms with Crippen molar-refractivity contribution in [2.45, 2.75) is 17.6 Å². The zero-order valence-corrected chi connectivity index (χ0v) is 15.8. The summed E-state index contributed by atoms with van der Waals surface area (Å²) in [5.41, 5.74) is 1.03. The highest BCUT2D eigenvalue weighted by Gasteiger charge is 2.29. The Labute approximate surface area is 164 Å². The van der Waals surface area contributed by atoms with Crippen LogP contribution in [0.1, 0.15) is 12.5 Å². The zero-order valence-electron chi connectivity index (χ0n) is 14.3. The lowest BCUT2D eigenvalue weighted by Crippen LogP contribution is -2.30. The first-order valence-corrected chi connectivity index (χ1v) is 9.71. The van der Waals surface area contributed by atoms with Gasteiger partial charge < -0.3 is 5.32 Å². The van der Waals surface area contributed by atoms with Crippen LogP contribution in [0.25, 0.3) is 16.7 Å². The van der Waals surface area contributed by atoms with E-state index in [1.165, 1.54) is 18.0 Å². The van der Waals surface area contributed by atoms with E-state index >= 15 is 0 Å². The van der Waals surface area contributed by atoms with Gasteiger partial charge in [-0.25, -0.2) is 9.67 Å². The zero-order chi connectivity index (χ0) is 19.0. The van der Waals surface area contributed by atoms with Crippen LogP contribution in [0.3, 0.4) is 0 Å². The molecule has 138 valence electrons. The second-order valence-electron chi connectivity index (χ2n) is 6.10. The van der Waals surface area contributed by atoms with Crippen LogP contribution in [0.4, 0.5) is 0 Å². The number of halogens is 1. The van der Waals surface area contributed by atoms with Gasteiger partial charge in [0, 0.05) is 23.7 Å². The fourth-order valence-corrected chi connectivity index (χ4v) is 4.36. The largest absolute Gasteiger partial charge is 0.353 e. The third-order valence-electron chi connectivity index (χ3n) is 4.29. The number of rotatable bonds is 5. The van der Waals surface area contributed by atoms with E-state index in [1.54, 1.807) is 27.5 Å². The smallest absolute Gasteiger partial charge is 0.265 e. The maximum atomic E-state index is 13.0. The number of carbonyl (C=O) groups excluding carboxylic acids is 1. The topological polar surface area (TPSA) is 81.8 Å². The van der Waals surface area contributed by atoms with Crippen LogP contribution in [0.15, 0.2) is 53.1 Å². The molecule has 0 radical (unpaired) electrons. The summed E-state index contributed by atoms with van der Waals surface area (Å²) in [7, 11) is 0. The molecule has 1 aliphatic heterocycles. The van der Waals surface area contributed by atoms with Crippen LogP contribution < -0.4 is 10.9 Å². The van der Waals surface area contributed by atoms with Crippen LogP contribution >= 0.6 is 23.4 Å². The number of hydrogen-bond donors (Lipinski definition) is 1. The number of carbonyl (C=O) groups is 1. The molecule has 9 heteroatoms. The third-order valence-corrected chi connectivity index (χ3v) is 5.62. The number of amides is 1. The van der Waals surface area contributed by atoms with E-state index in [0.717, 1.165) is 5.69 Å². The maximum absolute atomic E-state index is 13.0. The SMILES string of the molecule is C=CCNC(=O)CC1CSc2nc3c(cnn3-c3cccc(Cl)c3)c(=O)n21. The highest BCUT2D eigenvalue weighted by Crippen LogP contribution is 2.33. The molecular weight excluding hydrogens is 386 g/mol. The van der Waals surface area contributed by atoms with E-state index in [9.17, 15) is 9.59 Å². The van der Waals surface area contributed by atoms with Crippen LogP contribution in [0, 0.1) is 0 Å². The van der Waals surface area contributed by atoms with Gasteiger partial charge in [-0.2, -0.15) is 5.10 Å². The monoisotopic (exact) mass is 401 g/mol. The van der Waals surface area contributed by atoms with Crippen molar-refractivity contribution in [2.24, 2.45) is 0 Å². The van der Waals surface area contributed by atoms with Crippen molar-refractivity contribution < 1.29 is 4.79 Å². The maximum Gasteiger partial charge on any atom is 0.265 e. The van der Waals surface area contributed by atoms with Gasteiger partial charge in [0.2, 0.25) is 5.91 Å². The van der Waals surface area contributed by atoms with Crippen molar-refractivity contribution >= 4 is 40.3 Å². The van der Waals surface area contributed by atoms with Crippen molar-refractivity contribution in [1.29, 1.82) is 0 Å². The third kappa shape index (κ3) is 3.26. The van der Waals surface area contributed by atoms with Crippen molar-refractivity contribution in [2.75, 3.05) is 12.3 Å². The predicted octanol–water partition coefficient (Wildman–Crippen LogP) is 2.57. The lowest BCUT2D eigenvalue weighted by Gasteiger charge is -2.13. The molecule has 3 aromatic rings. The number of nitrogens with one attached hydrogen (secondary N) is 1. The van der Waals surface area contributed by atoms with Crippen LogP contribution in [0.5, 0.6) is 0 Å². The van der Waals surface area contributed by atoms with Gasteiger partial charge in [-0.3, -0.25) is 14.2 Å². The second kappa shape index (κ2) is 7.21.